The van der Waals surface area contributed by atoms with Gasteiger partial charge in [-0.1, -0.05) is 11.3 Å². The van der Waals surface area contributed by atoms with Gasteiger partial charge in [0.25, 0.3) is 0 Å². The van der Waals surface area contributed by atoms with Crippen LogP contribution in [-0.4, -0.2) is 42.7 Å². The molecule has 3 rings (SSSR count). The van der Waals surface area contributed by atoms with Crippen molar-refractivity contribution in [2.24, 2.45) is 0 Å². The Morgan fingerprint density at radius 2 is 2.25 bits per heavy atom. The van der Waals surface area contributed by atoms with Crippen LogP contribution < -0.4 is 5.32 Å². The molecule has 1 amide bonds. The standard InChI is InChI=1S/C11H15N3O4S2/c1-18-11(15)13-10-12-8-4-5-14(6-9(8)19-10)20(16,17)7-2-3-7/h7H,2-6H2,1H3,(H,12,13,15). The number of hydrogen-bond donors (Lipinski definition) is 1. The molecule has 2 heterocycles. The molecule has 0 saturated heterocycles. The van der Waals surface area contributed by atoms with Gasteiger partial charge in [-0.3, -0.25) is 5.32 Å². The van der Waals surface area contributed by atoms with E-state index in [0.717, 1.165) is 23.4 Å². The molecule has 0 aromatic carbocycles. The molecule has 1 saturated carbocycles. The third-order valence-electron chi connectivity index (χ3n) is 3.40. The lowest BCUT2D eigenvalue weighted by atomic mass is 10.2. The molecule has 1 aliphatic heterocycles. The molecule has 0 unspecified atom stereocenters. The Kier molecular flexibility index (Phi) is 3.43. The number of nitrogens with one attached hydrogen (secondary N) is 1. The Balaban J connectivity index is 1.76. The molecule has 1 aliphatic carbocycles. The molecule has 0 atom stereocenters. The van der Waals surface area contributed by atoms with Crippen LogP contribution in [0.4, 0.5) is 9.93 Å². The van der Waals surface area contributed by atoms with Crippen molar-refractivity contribution in [2.45, 2.75) is 31.1 Å². The number of anilines is 1. The number of ether oxygens (including phenoxy) is 1. The van der Waals surface area contributed by atoms with Gasteiger partial charge in [-0.15, -0.1) is 0 Å². The van der Waals surface area contributed by atoms with E-state index in [1.54, 1.807) is 0 Å². The zero-order chi connectivity index (χ0) is 14.3. The van der Waals surface area contributed by atoms with Crippen LogP contribution in [0.1, 0.15) is 23.4 Å². The Labute approximate surface area is 121 Å². The number of amides is 1. The lowest BCUT2D eigenvalue weighted by Crippen LogP contribution is -2.37. The lowest BCUT2D eigenvalue weighted by molar-refractivity contribution is 0.187. The van der Waals surface area contributed by atoms with E-state index in [9.17, 15) is 13.2 Å². The number of aromatic nitrogens is 1. The van der Waals surface area contributed by atoms with Crippen LogP contribution in [0.2, 0.25) is 0 Å². The Bertz CT molecular complexity index is 636. The van der Waals surface area contributed by atoms with Crippen molar-refractivity contribution in [1.29, 1.82) is 0 Å². The number of hydrogen-bond acceptors (Lipinski definition) is 6. The minimum atomic E-state index is -3.15. The van der Waals surface area contributed by atoms with Crippen LogP contribution >= 0.6 is 11.3 Å². The van der Waals surface area contributed by atoms with Crippen molar-refractivity contribution in [1.82, 2.24) is 9.29 Å². The molecule has 110 valence electrons. The number of carbonyl (C=O) groups excluding carboxylic acids is 1. The second-order valence-corrected chi connectivity index (χ2v) is 8.13. The van der Waals surface area contributed by atoms with Crippen molar-refractivity contribution in [3.05, 3.63) is 10.6 Å². The number of thiazole rings is 1. The van der Waals surface area contributed by atoms with Gasteiger partial charge in [-0.25, -0.2) is 18.2 Å². The summed E-state index contributed by atoms with van der Waals surface area (Å²) < 4.78 is 30.5. The van der Waals surface area contributed by atoms with E-state index in [4.69, 9.17) is 0 Å². The number of fused-ring (bicyclic) bond motifs is 1. The van der Waals surface area contributed by atoms with E-state index in [0.29, 0.717) is 24.6 Å². The number of methoxy groups -OCH3 is 1. The van der Waals surface area contributed by atoms with E-state index >= 15 is 0 Å². The molecule has 0 spiro atoms. The monoisotopic (exact) mass is 317 g/mol. The van der Waals surface area contributed by atoms with Crippen molar-refractivity contribution < 1.29 is 17.9 Å². The van der Waals surface area contributed by atoms with E-state index in [1.807, 2.05) is 0 Å². The lowest BCUT2D eigenvalue weighted by Gasteiger charge is -2.25. The molecule has 20 heavy (non-hydrogen) atoms. The van der Waals surface area contributed by atoms with Crippen LogP contribution in [0, 0.1) is 0 Å². The molecular weight excluding hydrogens is 302 g/mol. The summed E-state index contributed by atoms with van der Waals surface area (Å²) in [5.74, 6) is 0. The highest BCUT2D eigenvalue weighted by atomic mass is 32.2. The first-order valence-electron chi connectivity index (χ1n) is 6.33. The number of rotatable bonds is 3. The number of nitrogens with zero attached hydrogens (tertiary/aromatic N) is 2. The summed E-state index contributed by atoms with van der Waals surface area (Å²) in [6.45, 7) is 0.821. The van der Waals surface area contributed by atoms with Crippen LogP contribution in [0.15, 0.2) is 0 Å². The van der Waals surface area contributed by atoms with Crippen molar-refractivity contribution in [3.63, 3.8) is 0 Å². The van der Waals surface area contributed by atoms with E-state index in [-0.39, 0.29) is 5.25 Å². The first-order valence-corrected chi connectivity index (χ1v) is 8.65. The number of sulfonamides is 1. The summed E-state index contributed by atoms with van der Waals surface area (Å²) in [5.41, 5.74) is 0.864. The quantitative estimate of drug-likeness (QED) is 0.904. The van der Waals surface area contributed by atoms with Gasteiger partial charge < -0.3 is 4.74 Å². The predicted molar refractivity (Wildman–Crippen MR) is 74.2 cm³/mol. The zero-order valence-electron chi connectivity index (χ0n) is 11.0. The van der Waals surface area contributed by atoms with Gasteiger partial charge in [0.2, 0.25) is 10.0 Å². The molecule has 7 nitrogen and oxygen atoms in total. The van der Waals surface area contributed by atoms with Crippen molar-refractivity contribution in [3.8, 4) is 0 Å². The van der Waals surface area contributed by atoms with Crippen LogP contribution in [-0.2, 0) is 27.7 Å². The fourth-order valence-corrected chi connectivity index (χ4v) is 5.06. The summed E-state index contributed by atoms with van der Waals surface area (Å²) in [7, 11) is -1.87. The third-order valence-corrected chi connectivity index (χ3v) is 6.74. The van der Waals surface area contributed by atoms with E-state index in [2.05, 4.69) is 15.0 Å². The SMILES string of the molecule is COC(=O)Nc1nc2c(s1)CN(S(=O)(=O)C1CC1)CC2. The highest BCUT2D eigenvalue weighted by molar-refractivity contribution is 7.90. The topological polar surface area (TPSA) is 88.6 Å². The average Bonchev–Trinajstić information content (AvgIpc) is 3.19. The smallest absolute Gasteiger partial charge is 0.413 e. The molecule has 9 heteroatoms. The summed E-state index contributed by atoms with van der Waals surface area (Å²) >= 11 is 1.30. The van der Waals surface area contributed by atoms with E-state index in [1.165, 1.54) is 22.8 Å². The Hall–Kier alpha value is -1.19. The largest absolute Gasteiger partial charge is 0.453 e. The Morgan fingerprint density at radius 3 is 2.90 bits per heavy atom. The predicted octanol–water partition coefficient (Wildman–Crippen LogP) is 1.17. The highest BCUT2D eigenvalue weighted by Crippen LogP contribution is 2.35. The van der Waals surface area contributed by atoms with Gasteiger partial charge in [0.15, 0.2) is 5.13 Å². The summed E-state index contributed by atoms with van der Waals surface area (Å²) in [6.07, 6.45) is 1.55. The minimum Gasteiger partial charge on any atom is -0.453 e. The normalized spacial score (nSPS) is 19.4. The maximum atomic E-state index is 12.2. The van der Waals surface area contributed by atoms with Crippen LogP contribution in [0.25, 0.3) is 0 Å². The second kappa shape index (κ2) is 4.97. The van der Waals surface area contributed by atoms with Gasteiger partial charge in [0.1, 0.15) is 0 Å². The van der Waals surface area contributed by atoms with Crippen LogP contribution in [0.3, 0.4) is 0 Å². The molecule has 1 aromatic rings. The number of carbonyl (C=O) groups is 1. The molecule has 2 aliphatic rings. The fourth-order valence-electron chi connectivity index (χ4n) is 2.16. The van der Waals surface area contributed by atoms with Gasteiger partial charge in [0.05, 0.1) is 18.1 Å². The molecule has 1 aromatic heterocycles. The molecule has 1 fully saturated rings. The summed E-state index contributed by atoms with van der Waals surface area (Å²) in [5, 5.41) is 2.78. The third kappa shape index (κ3) is 2.52. The van der Waals surface area contributed by atoms with Crippen molar-refractivity contribution >= 4 is 32.6 Å². The highest BCUT2D eigenvalue weighted by Gasteiger charge is 2.41. The maximum absolute atomic E-state index is 12.2. The summed E-state index contributed by atoms with van der Waals surface area (Å²) in [4.78, 5) is 16.3. The average molecular weight is 317 g/mol. The fraction of sp³-hybridized carbons (Fsp3) is 0.636. The van der Waals surface area contributed by atoms with Crippen molar-refractivity contribution in [2.75, 3.05) is 19.0 Å². The molecular formula is C11H15N3O4S2. The Morgan fingerprint density at radius 1 is 1.50 bits per heavy atom. The zero-order valence-corrected chi connectivity index (χ0v) is 12.6. The maximum Gasteiger partial charge on any atom is 0.413 e. The van der Waals surface area contributed by atoms with Gasteiger partial charge in [-0.05, 0) is 12.8 Å². The molecule has 1 N–H and O–H groups in total. The van der Waals surface area contributed by atoms with E-state index < -0.39 is 16.1 Å². The summed E-state index contributed by atoms with van der Waals surface area (Å²) in [6, 6.07) is 0. The van der Waals surface area contributed by atoms with Crippen LogP contribution in [0.5, 0.6) is 0 Å². The van der Waals surface area contributed by atoms with Gasteiger partial charge in [0, 0.05) is 24.4 Å². The van der Waals surface area contributed by atoms with Gasteiger partial charge >= 0.3 is 6.09 Å². The van der Waals surface area contributed by atoms with Gasteiger partial charge in [-0.2, -0.15) is 4.31 Å². The molecule has 0 radical (unpaired) electrons. The second-order valence-electron chi connectivity index (χ2n) is 4.83. The molecule has 0 bridgehead atoms. The first kappa shape index (κ1) is 13.8. The minimum absolute atomic E-state index is 0.190. The first-order chi connectivity index (χ1) is 9.50.